The van der Waals surface area contributed by atoms with Crippen LogP contribution in [0.15, 0.2) is 0 Å². The van der Waals surface area contributed by atoms with Gasteiger partial charge in [-0.25, -0.2) is 4.79 Å². The average molecular weight is 295 g/mol. The van der Waals surface area contributed by atoms with Crippen LogP contribution < -0.4 is 5.32 Å². The molecule has 2 aliphatic heterocycles. The Hall–Kier alpha value is -0.810. The zero-order valence-corrected chi connectivity index (χ0v) is 13.4. The predicted molar refractivity (Wildman–Crippen MR) is 82.3 cm³/mol. The van der Waals surface area contributed by atoms with Gasteiger partial charge in [0.2, 0.25) is 0 Å². The summed E-state index contributed by atoms with van der Waals surface area (Å²) in [5.41, 5.74) is 0.271. The molecule has 120 valence electrons. The lowest BCUT2D eigenvalue weighted by Crippen LogP contribution is -2.55. The van der Waals surface area contributed by atoms with Gasteiger partial charge in [0.1, 0.15) is 0 Å². The van der Waals surface area contributed by atoms with Crippen molar-refractivity contribution in [2.24, 2.45) is 5.41 Å². The number of urea groups is 1. The summed E-state index contributed by atoms with van der Waals surface area (Å²) in [5, 5.41) is 3.02. The number of carbonyl (C=O) groups excluding carboxylic acids is 1. The highest BCUT2D eigenvalue weighted by molar-refractivity contribution is 5.73. The second-order valence-corrected chi connectivity index (χ2v) is 7.19. The molecule has 0 aromatic carbocycles. The largest absolute Gasteiger partial charge is 0.378 e. The molecular formula is C16H29N3O2. The number of likely N-dealkylation sites (tertiary alicyclic amines) is 1. The van der Waals surface area contributed by atoms with Gasteiger partial charge in [0.05, 0.1) is 6.10 Å². The molecule has 2 amide bonds. The van der Waals surface area contributed by atoms with E-state index in [1.54, 1.807) is 19.0 Å². The summed E-state index contributed by atoms with van der Waals surface area (Å²) in [7, 11) is 3.57. The van der Waals surface area contributed by atoms with Crippen molar-refractivity contribution in [3.05, 3.63) is 0 Å². The van der Waals surface area contributed by atoms with Gasteiger partial charge in [0.25, 0.3) is 0 Å². The monoisotopic (exact) mass is 295 g/mol. The quantitative estimate of drug-likeness (QED) is 0.858. The molecule has 0 aromatic heterocycles. The van der Waals surface area contributed by atoms with Gasteiger partial charge in [-0.1, -0.05) is 6.42 Å². The summed E-state index contributed by atoms with van der Waals surface area (Å²) in [6, 6.07) is 0.827. The van der Waals surface area contributed by atoms with Crippen LogP contribution in [0.1, 0.15) is 38.5 Å². The van der Waals surface area contributed by atoms with E-state index < -0.39 is 0 Å². The van der Waals surface area contributed by atoms with Crippen molar-refractivity contribution in [3.63, 3.8) is 0 Å². The third kappa shape index (κ3) is 3.04. The summed E-state index contributed by atoms with van der Waals surface area (Å²) in [4.78, 5) is 16.0. The van der Waals surface area contributed by atoms with Crippen LogP contribution in [0.25, 0.3) is 0 Å². The number of ether oxygens (including phenoxy) is 1. The summed E-state index contributed by atoms with van der Waals surface area (Å²) in [5.74, 6) is 0. The second-order valence-electron chi connectivity index (χ2n) is 7.19. The molecule has 5 nitrogen and oxygen atoms in total. The van der Waals surface area contributed by atoms with Crippen LogP contribution in [-0.4, -0.2) is 68.3 Å². The molecule has 0 aromatic rings. The Kier molecular flexibility index (Phi) is 4.41. The molecule has 0 bridgehead atoms. The van der Waals surface area contributed by atoms with Gasteiger partial charge in [-0.3, -0.25) is 4.90 Å². The SMILES string of the molecule is CN(C)C(=O)NCC[C@@]12CCO[C@@H]1CCN(C1CCC1)C2. The lowest BCUT2D eigenvalue weighted by Gasteiger charge is -2.49. The number of amides is 2. The number of hydrogen-bond acceptors (Lipinski definition) is 3. The van der Waals surface area contributed by atoms with Crippen LogP contribution >= 0.6 is 0 Å². The van der Waals surface area contributed by atoms with E-state index in [0.717, 1.165) is 38.5 Å². The number of nitrogens with zero attached hydrogens (tertiary/aromatic N) is 2. The Bertz CT molecular complexity index is 384. The molecular weight excluding hydrogens is 266 g/mol. The van der Waals surface area contributed by atoms with Crippen LogP contribution in [0.4, 0.5) is 4.79 Å². The van der Waals surface area contributed by atoms with Gasteiger partial charge < -0.3 is 15.0 Å². The Balaban J connectivity index is 1.57. The predicted octanol–water partition coefficient (Wildman–Crippen LogP) is 1.68. The van der Waals surface area contributed by atoms with Gasteiger partial charge in [-0.15, -0.1) is 0 Å². The van der Waals surface area contributed by atoms with Gasteiger partial charge >= 0.3 is 6.03 Å². The first-order chi connectivity index (χ1) is 10.1. The van der Waals surface area contributed by atoms with E-state index in [1.165, 1.54) is 32.4 Å². The Morgan fingerprint density at radius 1 is 1.38 bits per heavy atom. The minimum absolute atomic E-state index is 0.00789. The van der Waals surface area contributed by atoms with Crippen LogP contribution in [0, 0.1) is 5.41 Å². The molecule has 1 aliphatic carbocycles. The number of carbonyl (C=O) groups is 1. The maximum absolute atomic E-state index is 11.7. The lowest BCUT2D eigenvalue weighted by molar-refractivity contribution is -0.0454. The number of piperidine rings is 1. The number of rotatable bonds is 4. The summed E-state index contributed by atoms with van der Waals surface area (Å²) in [6.45, 7) is 4.02. The van der Waals surface area contributed by atoms with Crippen LogP contribution in [0.3, 0.4) is 0 Å². The maximum atomic E-state index is 11.7. The second kappa shape index (κ2) is 6.13. The Morgan fingerprint density at radius 2 is 2.19 bits per heavy atom. The molecule has 3 aliphatic rings. The van der Waals surface area contributed by atoms with Gasteiger partial charge in [-0.2, -0.15) is 0 Å². The summed E-state index contributed by atoms with van der Waals surface area (Å²) >= 11 is 0. The normalized spacial score (nSPS) is 33.3. The van der Waals surface area contributed by atoms with Crippen molar-refractivity contribution in [1.29, 1.82) is 0 Å². The third-order valence-electron chi connectivity index (χ3n) is 5.69. The average Bonchev–Trinajstić information content (AvgIpc) is 2.79. The fourth-order valence-electron chi connectivity index (χ4n) is 4.08. The first kappa shape index (κ1) is 15.1. The molecule has 1 saturated carbocycles. The molecule has 0 spiro atoms. The van der Waals surface area contributed by atoms with E-state index in [1.807, 2.05) is 0 Å². The maximum Gasteiger partial charge on any atom is 0.316 e. The standard InChI is InChI=1S/C16H29N3O2/c1-18(2)15(20)17-9-7-16-8-11-21-14(16)6-10-19(12-16)13-4-3-5-13/h13-14H,3-12H2,1-2H3,(H,17,20)/t14-,16+/m1/s1. The first-order valence-electron chi connectivity index (χ1n) is 8.41. The number of fused-ring (bicyclic) bond motifs is 1. The van der Waals surface area contributed by atoms with E-state index in [-0.39, 0.29) is 11.4 Å². The fourth-order valence-corrected chi connectivity index (χ4v) is 4.08. The molecule has 2 heterocycles. The highest BCUT2D eigenvalue weighted by atomic mass is 16.5. The molecule has 0 radical (unpaired) electrons. The lowest BCUT2D eigenvalue weighted by atomic mass is 9.72. The van der Waals surface area contributed by atoms with Crippen molar-refractivity contribution in [2.75, 3.05) is 40.3 Å². The van der Waals surface area contributed by atoms with Crippen molar-refractivity contribution >= 4 is 6.03 Å². The van der Waals surface area contributed by atoms with Crippen molar-refractivity contribution < 1.29 is 9.53 Å². The first-order valence-corrected chi connectivity index (χ1v) is 8.41. The van der Waals surface area contributed by atoms with Crippen LogP contribution in [-0.2, 0) is 4.74 Å². The molecule has 21 heavy (non-hydrogen) atoms. The molecule has 5 heteroatoms. The summed E-state index contributed by atoms with van der Waals surface area (Å²) < 4.78 is 6.00. The fraction of sp³-hybridized carbons (Fsp3) is 0.938. The van der Waals surface area contributed by atoms with Gasteiger partial charge in [0, 0.05) is 51.8 Å². The van der Waals surface area contributed by atoms with E-state index >= 15 is 0 Å². The zero-order chi connectivity index (χ0) is 14.9. The van der Waals surface area contributed by atoms with Crippen LogP contribution in [0.5, 0.6) is 0 Å². The minimum atomic E-state index is 0.00789. The number of nitrogens with one attached hydrogen (secondary N) is 1. The molecule has 2 atom stereocenters. The minimum Gasteiger partial charge on any atom is -0.378 e. The molecule has 3 fully saturated rings. The van der Waals surface area contributed by atoms with Gasteiger partial charge in [0.15, 0.2) is 0 Å². The summed E-state index contributed by atoms with van der Waals surface area (Å²) in [6.07, 6.45) is 7.91. The Labute approximate surface area is 128 Å². The van der Waals surface area contributed by atoms with Crippen molar-refractivity contribution in [3.8, 4) is 0 Å². The highest BCUT2D eigenvalue weighted by Crippen LogP contribution is 2.45. The van der Waals surface area contributed by atoms with E-state index in [4.69, 9.17) is 4.74 Å². The smallest absolute Gasteiger partial charge is 0.316 e. The molecule has 0 unspecified atom stereocenters. The molecule has 2 saturated heterocycles. The van der Waals surface area contributed by atoms with E-state index in [9.17, 15) is 4.79 Å². The van der Waals surface area contributed by atoms with Crippen molar-refractivity contribution in [2.45, 2.75) is 50.7 Å². The van der Waals surface area contributed by atoms with Crippen LogP contribution in [0.2, 0.25) is 0 Å². The van der Waals surface area contributed by atoms with E-state index in [2.05, 4.69) is 10.2 Å². The molecule has 1 N–H and O–H groups in total. The molecule has 3 rings (SSSR count). The van der Waals surface area contributed by atoms with E-state index in [0.29, 0.717) is 6.10 Å². The zero-order valence-electron chi connectivity index (χ0n) is 13.4. The van der Waals surface area contributed by atoms with Crippen molar-refractivity contribution in [1.82, 2.24) is 15.1 Å². The third-order valence-corrected chi connectivity index (χ3v) is 5.69. The van der Waals surface area contributed by atoms with Gasteiger partial charge in [-0.05, 0) is 32.1 Å². The topological polar surface area (TPSA) is 44.8 Å². The Morgan fingerprint density at radius 3 is 2.86 bits per heavy atom. The number of hydrogen-bond donors (Lipinski definition) is 1. The highest BCUT2D eigenvalue weighted by Gasteiger charge is 2.48.